The van der Waals surface area contributed by atoms with Crippen LogP contribution in [0.2, 0.25) is 0 Å². The topological polar surface area (TPSA) is 42.6 Å². The summed E-state index contributed by atoms with van der Waals surface area (Å²) >= 11 is 0. The number of fused-ring (bicyclic) bond motifs is 3. The van der Waals surface area contributed by atoms with E-state index < -0.39 is 6.41 Å². The number of hydrogen-bond acceptors (Lipinski definition) is 3. The average molecular weight is 597 g/mol. The van der Waals surface area contributed by atoms with Crippen LogP contribution in [-0.4, -0.2) is 12.2 Å². The van der Waals surface area contributed by atoms with Crippen LogP contribution in [0, 0.1) is 16.2 Å². The van der Waals surface area contributed by atoms with Gasteiger partial charge in [0.2, 0.25) is 5.69 Å². The van der Waals surface area contributed by atoms with Crippen molar-refractivity contribution in [1.82, 2.24) is 0 Å². The summed E-state index contributed by atoms with van der Waals surface area (Å²) in [6.45, 7) is 27.5. The second kappa shape index (κ2) is 10.8. The Kier molecular flexibility index (Phi) is 8.00. The first-order valence-corrected chi connectivity index (χ1v) is 16.2. The minimum Gasteiger partial charge on any atom is -0.455 e. The third kappa shape index (κ3) is 6.39. The van der Waals surface area contributed by atoms with Gasteiger partial charge in [-0.25, -0.2) is 0 Å². The van der Waals surface area contributed by atoms with Crippen LogP contribution in [0.15, 0.2) is 42.6 Å². The van der Waals surface area contributed by atoms with Crippen LogP contribution in [0.1, 0.15) is 112 Å². The second-order valence-corrected chi connectivity index (χ2v) is 17.7. The van der Waals surface area contributed by atoms with Gasteiger partial charge in [-0.15, -0.1) is 4.57 Å². The molecule has 44 heavy (non-hydrogen) atoms. The lowest BCUT2D eigenvalue weighted by molar-refractivity contribution is -0.791. The van der Waals surface area contributed by atoms with E-state index in [2.05, 4.69) is 119 Å². The third-order valence-electron chi connectivity index (χ3n) is 8.36. The molecule has 0 aliphatic carbocycles. The van der Waals surface area contributed by atoms with Gasteiger partial charge in [-0.2, -0.15) is 0 Å². The van der Waals surface area contributed by atoms with Crippen LogP contribution in [-0.2, 0) is 29.4 Å². The van der Waals surface area contributed by atoms with Crippen molar-refractivity contribution in [3.63, 3.8) is 0 Å². The van der Waals surface area contributed by atoms with E-state index in [9.17, 15) is 5.11 Å². The number of aliphatic hydroxyl groups is 1. The van der Waals surface area contributed by atoms with Crippen LogP contribution >= 0.6 is 0 Å². The molecule has 0 unspecified atom stereocenters. The molecule has 5 rings (SSSR count). The molecule has 0 radical (unpaired) electrons. The molecule has 0 fully saturated rings. The first-order chi connectivity index (χ1) is 20.2. The van der Waals surface area contributed by atoms with E-state index >= 15 is 0 Å². The summed E-state index contributed by atoms with van der Waals surface area (Å²) in [5.41, 5.74) is 7.19. The summed E-state index contributed by atoms with van der Waals surface area (Å²) in [7, 11) is 1.55. The fraction of sp³-hybridized carbons (Fsp3) is 0.525. The number of pyridine rings is 1. The van der Waals surface area contributed by atoms with E-state index in [0.29, 0.717) is 0 Å². The molecule has 4 heteroatoms. The fourth-order valence-corrected chi connectivity index (χ4v) is 7.03. The van der Waals surface area contributed by atoms with Crippen molar-refractivity contribution in [3.8, 4) is 22.8 Å². The van der Waals surface area contributed by atoms with Gasteiger partial charge in [0.05, 0.1) is 10.9 Å². The van der Waals surface area contributed by atoms with E-state index in [1.165, 1.54) is 33.0 Å². The number of nitrogens with zero attached hydrogens (tertiary/aromatic N) is 1. The fourth-order valence-electron chi connectivity index (χ4n) is 7.03. The average Bonchev–Trinajstić information content (AvgIpc) is 2.85. The predicted molar refractivity (Wildman–Crippen MR) is 184 cm³/mol. The lowest BCUT2D eigenvalue weighted by Crippen LogP contribution is -2.43. The van der Waals surface area contributed by atoms with Gasteiger partial charge in [0, 0.05) is 18.7 Å². The Balaban J connectivity index is 2.00. The molecule has 4 nitrogen and oxygen atoms in total. The zero-order valence-electron chi connectivity index (χ0n) is 29.5. The van der Waals surface area contributed by atoms with Crippen molar-refractivity contribution in [2.24, 2.45) is 16.2 Å². The Hall–Kier alpha value is -2.95. The van der Waals surface area contributed by atoms with E-state index in [4.69, 9.17) is 9.47 Å². The Bertz CT molecular complexity index is 1740. The minimum atomic E-state index is -1.13. The Morgan fingerprint density at radius 3 is 1.93 bits per heavy atom. The highest BCUT2D eigenvalue weighted by Gasteiger charge is 2.40. The standard InChI is InChI=1S/C40H54NO3/c1-37(2,3)21-24-14-15-27-28(19-24)33(40(10,11)12)32-34-31-26(16-17-41(34)36(42)43-13)18-25(22-38(4,5)6)20-30(31)44-35(32)29(27)23-39(7,8)9/h14-20,36,42H,21-23H2,1-13H3/q+1/t36-/m0/s1. The molecule has 1 aromatic heterocycles. The lowest BCUT2D eigenvalue weighted by Gasteiger charge is -2.33. The Morgan fingerprint density at radius 2 is 1.36 bits per heavy atom. The monoisotopic (exact) mass is 596 g/mol. The van der Waals surface area contributed by atoms with Gasteiger partial charge in [0.15, 0.2) is 6.20 Å². The third-order valence-corrected chi connectivity index (χ3v) is 8.36. The molecular weight excluding hydrogens is 542 g/mol. The number of aromatic nitrogens is 1. The number of rotatable bonds is 5. The molecule has 0 saturated heterocycles. The van der Waals surface area contributed by atoms with Gasteiger partial charge in [-0.05, 0) is 79.8 Å². The summed E-state index contributed by atoms with van der Waals surface area (Å²) in [4.78, 5) is 0. The zero-order chi connectivity index (χ0) is 32.6. The quantitative estimate of drug-likeness (QED) is 0.162. The number of benzene rings is 3. The number of methoxy groups -OCH3 is 1. The molecule has 0 spiro atoms. The van der Waals surface area contributed by atoms with Gasteiger partial charge >= 0.3 is 6.41 Å². The van der Waals surface area contributed by atoms with Crippen molar-refractivity contribution in [2.75, 3.05) is 7.11 Å². The first-order valence-electron chi connectivity index (χ1n) is 16.2. The van der Waals surface area contributed by atoms with Crippen LogP contribution in [0.25, 0.3) is 32.8 Å². The number of ether oxygens (including phenoxy) is 2. The van der Waals surface area contributed by atoms with E-state index in [1.54, 1.807) is 7.11 Å². The van der Waals surface area contributed by atoms with Gasteiger partial charge in [0.25, 0.3) is 0 Å². The molecule has 0 saturated carbocycles. The van der Waals surface area contributed by atoms with Gasteiger partial charge < -0.3 is 14.6 Å². The van der Waals surface area contributed by atoms with Gasteiger partial charge in [0.1, 0.15) is 11.5 Å². The highest BCUT2D eigenvalue weighted by molar-refractivity contribution is 6.07. The highest BCUT2D eigenvalue weighted by Crippen LogP contribution is 2.55. The van der Waals surface area contributed by atoms with Crippen LogP contribution < -0.4 is 9.30 Å². The minimum absolute atomic E-state index is 0.0276. The Labute approximate surface area is 265 Å². The van der Waals surface area contributed by atoms with E-state index in [0.717, 1.165) is 52.8 Å². The largest absolute Gasteiger partial charge is 0.455 e. The van der Waals surface area contributed by atoms with Crippen LogP contribution in [0.5, 0.6) is 11.5 Å². The maximum Gasteiger partial charge on any atom is 0.378 e. The number of aliphatic hydroxyl groups excluding tert-OH is 1. The van der Waals surface area contributed by atoms with Crippen molar-refractivity contribution < 1.29 is 19.1 Å². The van der Waals surface area contributed by atoms with E-state index in [1.807, 2.05) is 10.8 Å². The van der Waals surface area contributed by atoms with Crippen molar-refractivity contribution in [3.05, 3.63) is 64.8 Å². The summed E-state index contributed by atoms with van der Waals surface area (Å²) in [6.07, 6.45) is 3.62. The number of hydrogen-bond donors (Lipinski definition) is 1. The summed E-state index contributed by atoms with van der Waals surface area (Å²) < 4.78 is 14.6. The molecule has 1 aliphatic rings. The molecule has 3 aromatic carbocycles. The highest BCUT2D eigenvalue weighted by atomic mass is 16.6. The second-order valence-electron chi connectivity index (χ2n) is 17.7. The normalized spacial score (nSPS) is 14.6. The smallest absolute Gasteiger partial charge is 0.378 e. The van der Waals surface area contributed by atoms with Crippen LogP contribution in [0.4, 0.5) is 0 Å². The van der Waals surface area contributed by atoms with Crippen molar-refractivity contribution in [2.45, 2.75) is 114 Å². The van der Waals surface area contributed by atoms with Crippen LogP contribution in [0.3, 0.4) is 0 Å². The van der Waals surface area contributed by atoms with Gasteiger partial charge in [-0.3, -0.25) is 0 Å². The van der Waals surface area contributed by atoms with Crippen molar-refractivity contribution >= 4 is 21.5 Å². The first kappa shape index (κ1) is 32.4. The zero-order valence-corrected chi connectivity index (χ0v) is 29.5. The predicted octanol–water partition coefficient (Wildman–Crippen LogP) is 10.2. The molecule has 4 aromatic rings. The maximum atomic E-state index is 11.3. The molecular formula is C40H54NO3+. The molecule has 1 N–H and O–H groups in total. The summed E-state index contributed by atoms with van der Waals surface area (Å²) in [5, 5.41) is 15.9. The molecule has 0 bridgehead atoms. The SMILES string of the molecule is CO[C@H](O)[n+]1ccc2cc(CC(C)(C)C)cc3c2c1-c1c(c(CC(C)(C)C)c2ccc(CC(C)(C)C)cc2c1C(C)(C)C)O3. The maximum absolute atomic E-state index is 11.3. The molecule has 236 valence electrons. The molecule has 1 aliphatic heterocycles. The van der Waals surface area contributed by atoms with Crippen molar-refractivity contribution in [1.29, 1.82) is 0 Å². The van der Waals surface area contributed by atoms with Gasteiger partial charge in [-0.1, -0.05) is 107 Å². The molecule has 2 heterocycles. The molecule has 1 atom stereocenters. The summed E-state index contributed by atoms with van der Waals surface area (Å²) in [5.74, 6) is 1.76. The lowest BCUT2D eigenvalue weighted by atomic mass is 9.74. The molecule has 0 amide bonds. The Morgan fingerprint density at radius 1 is 0.750 bits per heavy atom. The summed E-state index contributed by atoms with van der Waals surface area (Å²) in [6, 6.07) is 13.7. The van der Waals surface area contributed by atoms with E-state index in [-0.39, 0.29) is 21.7 Å².